The molecule has 132 valence electrons. The molecule has 0 radical (unpaired) electrons. The Bertz CT molecular complexity index is 688. The molecule has 0 aliphatic carbocycles. The average molecular weight is 340 g/mol. The molecule has 25 heavy (non-hydrogen) atoms. The normalized spacial score (nSPS) is 27.0. The lowest BCUT2D eigenvalue weighted by Crippen LogP contribution is -2.49. The van der Waals surface area contributed by atoms with Gasteiger partial charge < -0.3 is 5.32 Å². The van der Waals surface area contributed by atoms with Crippen LogP contribution in [-0.4, -0.2) is 47.6 Å². The quantitative estimate of drug-likeness (QED) is 0.914. The number of fused-ring (bicyclic) bond motifs is 1. The molecular formula is C19H24N4O2. The zero-order valence-corrected chi connectivity index (χ0v) is 14.4. The Morgan fingerprint density at radius 3 is 2.76 bits per heavy atom. The van der Waals surface area contributed by atoms with Crippen LogP contribution in [0, 0.1) is 0 Å². The minimum absolute atomic E-state index is 0.0675. The van der Waals surface area contributed by atoms with Crippen LogP contribution in [0.4, 0.5) is 5.69 Å². The van der Waals surface area contributed by atoms with Crippen molar-refractivity contribution in [3.63, 3.8) is 0 Å². The molecule has 6 nitrogen and oxygen atoms in total. The summed E-state index contributed by atoms with van der Waals surface area (Å²) in [5, 5.41) is 8.90. The number of hydrazone groups is 1. The van der Waals surface area contributed by atoms with E-state index in [1.54, 1.807) is 0 Å². The second-order valence-electron chi connectivity index (χ2n) is 7.06. The summed E-state index contributed by atoms with van der Waals surface area (Å²) < 4.78 is 0. The van der Waals surface area contributed by atoms with Gasteiger partial charge in [-0.15, -0.1) is 0 Å². The maximum atomic E-state index is 12.7. The maximum absolute atomic E-state index is 12.7. The molecule has 2 atom stereocenters. The van der Waals surface area contributed by atoms with E-state index in [-0.39, 0.29) is 17.9 Å². The molecule has 1 N–H and O–H groups in total. The fourth-order valence-electron chi connectivity index (χ4n) is 4.15. The number of carbonyl (C=O) groups is 2. The second-order valence-corrected chi connectivity index (χ2v) is 7.06. The zero-order valence-electron chi connectivity index (χ0n) is 14.4. The molecule has 2 unspecified atom stereocenters. The number of nitrogens with zero attached hydrogens (tertiary/aromatic N) is 3. The first-order chi connectivity index (χ1) is 12.2. The summed E-state index contributed by atoms with van der Waals surface area (Å²) in [5.74, 6) is -0.187. The van der Waals surface area contributed by atoms with Crippen LogP contribution < -0.4 is 10.3 Å². The average Bonchev–Trinajstić information content (AvgIpc) is 3.06. The molecule has 3 heterocycles. The summed E-state index contributed by atoms with van der Waals surface area (Å²) in [5.41, 5.74) is 1.16. The fourth-order valence-corrected chi connectivity index (χ4v) is 4.15. The van der Waals surface area contributed by atoms with Crippen molar-refractivity contribution >= 4 is 23.2 Å². The molecule has 3 aliphatic rings. The fraction of sp³-hybridized carbons (Fsp3) is 0.526. The van der Waals surface area contributed by atoms with Crippen LogP contribution in [0.2, 0.25) is 0 Å². The zero-order chi connectivity index (χ0) is 17.2. The molecular weight excluding hydrogens is 316 g/mol. The van der Waals surface area contributed by atoms with Gasteiger partial charge in [0.25, 0.3) is 5.91 Å². The van der Waals surface area contributed by atoms with Crippen LogP contribution in [0.25, 0.3) is 0 Å². The number of carbonyl (C=O) groups excluding carboxylic acids is 2. The highest BCUT2D eigenvalue weighted by atomic mass is 16.2. The van der Waals surface area contributed by atoms with Crippen molar-refractivity contribution in [3.8, 4) is 0 Å². The van der Waals surface area contributed by atoms with Gasteiger partial charge in [-0.25, -0.2) is 5.01 Å². The smallest absolute Gasteiger partial charge is 0.267 e. The molecule has 1 aromatic carbocycles. The SMILES string of the molecule is O=C(NC1CCN2CCCCC12)C1=NN(c2ccccc2)C(=O)CC1. The van der Waals surface area contributed by atoms with Gasteiger partial charge >= 0.3 is 0 Å². The molecule has 2 saturated heterocycles. The van der Waals surface area contributed by atoms with Gasteiger partial charge in [0.15, 0.2) is 0 Å². The monoisotopic (exact) mass is 340 g/mol. The number of piperidine rings is 1. The predicted molar refractivity (Wildman–Crippen MR) is 96.4 cm³/mol. The highest BCUT2D eigenvalue weighted by Crippen LogP contribution is 2.27. The molecule has 2 fully saturated rings. The van der Waals surface area contributed by atoms with Gasteiger partial charge in [-0.05, 0) is 37.9 Å². The van der Waals surface area contributed by atoms with Crippen molar-refractivity contribution < 1.29 is 9.59 Å². The van der Waals surface area contributed by atoms with Gasteiger partial charge in [-0.3, -0.25) is 14.5 Å². The van der Waals surface area contributed by atoms with Crippen molar-refractivity contribution in [2.75, 3.05) is 18.1 Å². The summed E-state index contributed by atoms with van der Waals surface area (Å²) in [6.45, 7) is 2.21. The van der Waals surface area contributed by atoms with Crippen molar-refractivity contribution in [1.82, 2.24) is 10.2 Å². The van der Waals surface area contributed by atoms with Gasteiger partial charge in [0, 0.05) is 31.5 Å². The number of rotatable bonds is 3. The molecule has 0 aromatic heterocycles. The summed E-state index contributed by atoms with van der Waals surface area (Å²) in [6, 6.07) is 9.96. The largest absolute Gasteiger partial charge is 0.347 e. The predicted octanol–water partition coefficient (Wildman–Crippen LogP) is 1.91. The number of anilines is 1. The molecule has 2 amide bonds. The third-order valence-corrected chi connectivity index (χ3v) is 5.47. The molecule has 6 heteroatoms. The summed E-state index contributed by atoms with van der Waals surface area (Å²) >= 11 is 0. The Morgan fingerprint density at radius 2 is 1.92 bits per heavy atom. The van der Waals surface area contributed by atoms with Crippen molar-refractivity contribution in [3.05, 3.63) is 30.3 Å². The molecule has 0 saturated carbocycles. The summed E-state index contributed by atoms with van der Waals surface area (Å²) in [4.78, 5) is 27.4. The molecule has 0 spiro atoms. The summed E-state index contributed by atoms with van der Waals surface area (Å²) in [6.07, 6.45) is 5.40. The third kappa shape index (κ3) is 3.31. The van der Waals surface area contributed by atoms with Gasteiger partial charge in [0.2, 0.25) is 5.91 Å². The van der Waals surface area contributed by atoms with E-state index in [0.717, 1.165) is 25.9 Å². The lowest BCUT2D eigenvalue weighted by molar-refractivity contribution is -0.119. The number of nitrogens with one attached hydrogen (secondary N) is 1. The van der Waals surface area contributed by atoms with Crippen LogP contribution in [0.15, 0.2) is 35.4 Å². The van der Waals surface area contributed by atoms with Crippen LogP contribution in [-0.2, 0) is 9.59 Å². The molecule has 0 bridgehead atoms. The Morgan fingerprint density at radius 1 is 1.08 bits per heavy atom. The number of para-hydroxylation sites is 1. The van der Waals surface area contributed by atoms with E-state index in [9.17, 15) is 9.59 Å². The van der Waals surface area contributed by atoms with Crippen LogP contribution >= 0.6 is 0 Å². The van der Waals surface area contributed by atoms with Crippen LogP contribution in [0.1, 0.15) is 38.5 Å². The Balaban J connectivity index is 1.47. The van der Waals surface area contributed by atoms with E-state index in [2.05, 4.69) is 15.3 Å². The summed E-state index contributed by atoms with van der Waals surface area (Å²) in [7, 11) is 0. The number of hydrogen-bond donors (Lipinski definition) is 1. The van der Waals surface area contributed by atoms with Gasteiger partial charge in [-0.2, -0.15) is 5.10 Å². The van der Waals surface area contributed by atoms with Gasteiger partial charge in [0.05, 0.1) is 5.69 Å². The topological polar surface area (TPSA) is 65.0 Å². The minimum Gasteiger partial charge on any atom is -0.347 e. The lowest BCUT2D eigenvalue weighted by atomic mass is 9.98. The van der Waals surface area contributed by atoms with Crippen molar-refractivity contribution in [2.24, 2.45) is 5.10 Å². The number of hydrogen-bond acceptors (Lipinski definition) is 4. The molecule has 1 aromatic rings. The second kappa shape index (κ2) is 6.96. The number of benzene rings is 1. The Hall–Kier alpha value is -2.21. The number of amides is 2. The molecule has 3 aliphatic heterocycles. The first-order valence-electron chi connectivity index (χ1n) is 9.23. The van der Waals surface area contributed by atoms with Crippen LogP contribution in [0.5, 0.6) is 0 Å². The van der Waals surface area contributed by atoms with Crippen LogP contribution in [0.3, 0.4) is 0 Å². The van der Waals surface area contributed by atoms with E-state index in [0.29, 0.717) is 30.3 Å². The third-order valence-electron chi connectivity index (χ3n) is 5.47. The first kappa shape index (κ1) is 16.3. The van der Waals surface area contributed by atoms with E-state index < -0.39 is 0 Å². The first-order valence-corrected chi connectivity index (χ1v) is 9.23. The van der Waals surface area contributed by atoms with Crippen molar-refractivity contribution in [1.29, 1.82) is 0 Å². The highest BCUT2D eigenvalue weighted by Gasteiger charge is 2.37. The highest BCUT2D eigenvalue weighted by molar-refractivity contribution is 6.40. The lowest BCUT2D eigenvalue weighted by Gasteiger charge is -2.32. The van der Waals surface area contributed by atoms with E-state index in [1.165, 1.54) is 17.9 Å². The van der Waals surface area contributed by atoms with Crippen molar-refractivity contribution in [2.45, 2.75) is 50.6 Å². The maximum Gasteiger partial charge on any atom is 0.267 e. The standard InChI is InChI=1S/C19H24N4O2/c24-18-10-9-16(21-23(18)14-6-2-1-3-7-14)19(25)20-15-11-13-22-12-5-4-8-17(15)22/h1-3,6-7,15,17H,4-5,8-13H2,(H,20,25). The van der Waals surface area contributed by atoms with E-state index in [4.69, 9.17) is 0 Å². The van der Waals surface area contributed by atoms with Gasteiger partial charge in [-0.1, -0.05) is 24.6 Å². The molecule has 4 rings (SSSR count). The minimum atomic E-state index is -0.120. The Kier molecular flexibility index (Phi) is 4.53. The van der Waals surface area contributed by atoms with Gasteiger partial charge in [0.1, 0.15) is 5.71 Å². The van der Waals surface area contributed by atoms with E-state index >= 15 is 0 Å². The Labute approximate surface area is 147 Å². The van der Waals surface area contributed by atoms with E-state index in [1.807, 2.05) is 30.3 Å².